The third-order valence-corrected chi connectivity index (χ3v) is 8.44. The molecule has 0 saturated carbocycles. The van der Waals surface area contributed by atoms with Crippen LogP contribution in [-0.2, 0) is 6.42 Å². The van der Waals surface area contributed by atoms with Crippen molar-refractivity contribution in [2.75, 3.05) is 66.7 Å². The Hall–Kier alpha value is -4.61. The third-order valence-electron chi connectivity index (χ3n) is 8.44. The van der Waals surface area contributed by atoms with Gasteiger partial charge in [0, 0.05) is 63.3 Å². The number of rotatable bonds is 7. The highest BCUT2D eigenvalue weighted by Crippen LogP contribution is 2.32. The molecule has 1 aromatic carbocycles. The minimum absolute atomic E-state index is 0.0243. The van der Waals surface area contributed by atoms with Gasteiger partial charge in [-0.15, -0.1) is 0 Å². The van der Waals surface area contributed by atoms with Gasteiger partial charge in [0.05, 0.1) is 41.3 Å². The molecular weight excluding hydrogens is 554 g/mol. The van der Waals surface area contributed by atoms with E-state index in [4.69, 9.17) is 0 Å². The van der Waals surface area contributed by atoms with Crippen LogP contribution in [0, 0.1) is 6.92 Å². The second-order valence-corrected chi connectivity index (χ2v) is 11.3. The molecule has 0 aliphatic carbocycles. The van der Waals surface area contributed by atoms with Gasteiger partial charge in [0.1, 0.15) is 5.56 Å². The summed E-state index contributed by atoms with van der Waals surface area (Å²) in [7, 11) is 0. The van der Waals surface area contributed by atoms with Gasteiger partial charge in [-0.3, -0.25) is 14.6 Å². The normalized spacial score (nSPS) is 17.7. The molecule has 0 unspecified atom stereocenters. The fourth-order valence-corrected chi connectivity index (χ4v) is 5.96. The van der Waals surface area contributed by atoms with Crippen molar-refractivity contribution in [3.05, 3.63) is 82.3 Å². The first-order chi connectivity index (χ1) is 20.7. The number of aromatic nitrogens is 2. The van der Waals surface area contributed by atoms with Crippen LogP contribution < -0.4 is 26.4 Å². The summed E-state index contributed by atoms with van der Waals surface area (Å²) in [6.45, 7) is 9.79. The molecule has 2 fully saturated rings. The first-order valence-electron chi connectivity index (χ1n) is 14.6. The highest BCUT2D eigenvalue weighted by Gasteiger charge is 2.39. The van der Waals surface area contributed by atoms with Gasteiger partial charge in [0.2, 0.25) is 0 Å². The molecule has 0 radical (unpaired) electrons. The number of pyridine rings is 2. The van der Waals surface area contributed by atoms with Crippen molar-refractivity contribution in [1.29, 1.82) is 0 Å². The van der Waals surface area contributed by atoms with Crippen molar-refractivity contribution in [2.45, 2.75) is 32.1 Å². The van der Waals surface area contributed by atoms with Crippen LogP contribution in [0.1, 0.15) is 34.5 Å². The lowest BCUT2D eigenvalue weighted by atomic mass is 10.0. The first kappa shape index (κ1) is 28.5. The average molecular weight is 591 g/mol. The Labute approximate surface area is 248 Å². The van der Waals surface area contributed by atoms with Crippen LogP contribution >= 0.6 is 0 Å². The molecule has 3 aliphatic rings. The molecule has 12 heteroatoms. The lowest BCUT2D eigenvalue weighted by Crippen LogP contribution is -2.48. The number of piperazine rings is 1. The van der Waals surface area contributed by atoms with Crippen LogP contribution in [0.25, 0.3) is 0 Å². The number of alkyl halides is 2. The van der Waals surface area contributed by atoms with Crippen molar-refractivity contribution < 1.29 is 13.6 Å². The van der Waals surface area contributed by atoms with E-state index in [1.54, 1.807) is 29.3 Å². The van der Waals surface area contributed by atoms with E-state index in [1.807, 2.05) is 19.1 Å². The number of amides is 1. The van der Waals surface area contributed by atoms with Crippen molar-refractivity contribution in [1.82, 2.24) is 19.8 Å². The molecule has 3 aliphatic heterocycles. The number of hydrogen-bond acceptors (Lipinski definition) is 8. The minimum Gasteiger partial charge on any atom is -0.383 e. The number of nitrogens with zero attached hydrogens (tertiary/aromatic N) is 4. The number of H-pyrrole nitrogens is 1. The molecule has 6 rings (SSSR count). The van der Waals surface area contributed by atoms with E-state index in [0.29, 0.717) is 36.8 Å². The lowest BCUT2D eigenvalue weighted by Gasteiger charge is -2.40. The SMILES string of the molecule is C=C(N1CCN(c2ccc(NC(=O)c3c(Nc4cnc5c(c4C)NCCC5)cc[nH]c3=O)cc2)CC1)N1CCC(F)(F)C1. The van der Waals surface area contributed by atoms with E-state index >= 15 is 0 Å². The number of aryl methyl sites for hydroxylation is 1. The Balaban J connectivity index is 1.09. The van der Waals surface area contributed by atoms with Gasteiger partial charge in [0.15, 0.2) is 0 Å². The molecule has 226 valence electrons. The molecule has 3 aromatic rings. The Kier molecular flexibility index (Phi) is 7.68. The topological polar surface area (TPSA) is 109 Å². The van der Waals surface area contributed by atoms with Crippen LogP contribution in [-0.4, -0.2) is 77.4 Å². The van der Waals surface area contributed by atoms with Gasteiger partial charge in [-0.1, -0.05) is 6.58 Å². The minimum atomic E-state index is -2.65. The van der Waals surface area contributed by atoms with E-state index in [2.05, 4.69) is 42.3 Å². The van der Waals surface area contributed by atoms with Gasteiger partial charge in [-0.2, -0.15) is 0 Å². The number of aromatic amines is 1. The van der Waals surface area contributed by atoms with Crippen molar-refractivity contribution in [3.8, 4) is 0 Å². The summed E-state index contributed by atoms with van der Waals surface area (Å²) in [6, 6.07) is 9.11. The van der Waals surface area contributed by atoms with Gasteiger partial charge < -0.3 is 35.6 Å². The maximum absolute atomic E-state index is 13.6. The number of anilines is 5. The van der Waals surface area contributed by atoms with Gasteiger partial charge in [0.25, 0.3) is 17.4 Å². The molecule has 0 bridgehead atoms. The second kappa shape index (κ2) is 11.6. The quantitative estimate of drug-likeness (QED) is 0.322. The average Bonchev–Trinajstić information content (AvgIpc) is 3.38. The van der Waals surface area contributed by atoms with Crippen LogP contribution in [0.4, 0.5) is 37.2 Å². The largest absolute Gasteiger partial charge is 0.383 e. The van der Waals surface area contributed by atoms with Gasteiger partial charge >= 0.3 is 0 Å². The monoisotopic (exact) mass is 590 g/mol. The molecule has 10 nitrogen and oxygen atoms in total. The Morgan fingerprint density at radius 3 is 2.53 bits per heavy atom. The third kappa shape index (κ3) is 5.99. The van der Waals surface area contributed by atoms with Gasteiger partial charge in [-0.25, -0.2) is 8.78 Å². The van der Waals surface area contributed by atoms with Gasteiger partial charge in [-0.05, 0) is 55.7 Å². The Bertz CT molecular complexity index is 1580. The highest BCUT2D eigenvalue weighted by atomic mass is 19.3. The maximum Gasteiger partial charge on any atom is 0.266 e. The molecule has 0 spiro atoms. The zero-order chi connectivity index (χ0) is 30.1. The van der Waals surface area contributed by atoms with Crippen molar-refractivity contribution in [2.24, 2.45) is 0 Å². The Morgan fingerprint density at radius 2 is 1.81 bits per heavy atom. The zero-order valence-electron chi connectivity index (χ0n) is 24.2. The van der Waals surface area contributed by atoms with Crippen LogP contribution in [0.2, 0.25) is 0 Å². The summed E-state index contributed by atoms with van der Waals surface area (Å²) in [5, 5.41) is 9.49. The van der Waals surface area contributed by atoms with E-state index in [-0.39, 0.29) is 18.5 Å². The standard InChI is InChI=1S/C31H36F2N8O2/c1-20-26(18-36-25-4-3-11-34-28(20)25)38-24-9-12-35-29(42)27(24)30(43)37-22-5-7-23(8-6-22)40-16-14-39(15-17-40)21(2)41-13-10-31(32,33)19-41/h5-9,12,18,34H,2-4,10-11,13-17,19H2,1H3,(H,37,43)(H2,35,38,42). The predicted octanol–water partition coefficient (Wildman–Crippen LogP) is 4.37. The molecule has 4 N–H and O–H groups in total. The number of fused-ring (bicyclic) bond motifs is 1. The van der Waals surface area contributed by atoms with E-state index in [0.717, 1.165) is 60.8 Å². The molecule has 1 amide bonds. The lowest BCUT2D eigenvalue weighted by molar-refractivity contribution is 0.0123. The molecule has 43 heavy (non-hydrogen) atoms. The van der Waals surface area contributed by atoms with Crippen molar-refractivity contribution in [3.63, 3.8) is 0 Å². The number of benzene rings is 1. The van der Waals surface area contributed by atoms with Crippen LogP contribution in [0.3, 0.4) is 0 Å². The maximum atomic E-state index is 13.6. The molecule has 2 saturated heterocycles. The zero-order valence-corrected chi connectivity index (χ0v) is 24.2. The fourth-order valence-electron chi connectivity index (χ4n) is 5.96. The first-order valence-corrected chi connectivity index (χ1v) is 14.6. The smallest absolute Gasteiger partial charge is 0.266 e. The summed E-state index contributed by atoms with van der Waals surface area (Å²) in [5.41, 5.74) is 5.12. The summed E-state index contributed by atoms with van der Waals surface area (Å²) in [6.07, 6.45) is 5.06. The summed E-state index contributed by atoms with van der Waals surface area (Å²) < 4.78 is 27.3. The summed E-state index contributed by atoms with van der Waals surface area (Å²) >= 11 is 0. The number of likely N-dealkylation sites (tertiary alicyclic amines) is 1. The molecule has 0 atom stereocenters. The molecule has 5 heterocycles. The van der Waals surface area contributed by atoms with E-state index < -0.39 is 17.4 Å². The number of carbonyl (C=O) groups excluding carboxylic acids is 1. The molecule has 2 aromatic heterocycles. The number of carbonyl (C=O) groups is 1. The summed E-state index contributed by atoms with van der Waals surface area (Å²) in [5.74, 6) is -2.52. The number of hydrogen-bond donors (Lipinski definition) is 4. The Morgan fingerprint density at radius 1 is 1.05 bits per heavy atom. The van der Waals surface area contributed by atoms with Crippen LogP contribution in [0.5, 0.6) is 0 Å². The second-order valence-electron chi connectivity index (χ2n) is 11.3. The highest BCUT2D eigenvalue weighted by molar-refractivity contribution is 6.08. The van der Waals surface area contributed by atoms with Crippen LogP contribution in [0.15, 0.2) is 59.9 Å². The number of nitrogens with one attached hydrogen (secondary N) is 4. The molecular formula is C31H36F2N8O2. The van der Waals surface area contributed by atoms with Crippen molar-refractivity contribution >= 4 is 34.3 Å². The predicted molar refractivity (Wildman–Crippen MR) is 165 cm³/mol. The number of halogens is 2. The summed E-state index contributed by atoms with van der Waals surface area (Å²) in [4.78, 5) is 39.2. The van der Waals surface area contributed by atoms with E-state index in [1.165, 1.54) is 6.20 Å². The fraction of sp³-hybridized carbons (Fsp3) is 0.387. The van der Waals surface area contributed by atoms with E-state index in [9.17, 15) is 18.4 Å².